The first kappa shape index (κ1) is 21.4. The molecule has 2 aromatic carbocycles. The zero-order chi connectivity index (χ0) is 22.2. The van der Waals surface area contributed by atoms with Crippen molar-refractivity contribution in [1.82, 2.24) is 9.97 Å². The van der Waals surface area contributed by atoms with Gasteiger partial charge in [-0.3, -0.25) is 0 Å². The second-order valence-electron chi connectivity index (χ2n) is 8.75. The molecule has 1 saturated heterocycles. The number of benzene rings is 2. The molecular formula is C24H27ClN4O2. The summed E-state index contributed by atoms with van der Waals surface area (Å²) in [4.78, 5) is 21.6. The van der Waals surface area contributed by atoms with Crippen molar-refractivity contribution in [2.45, 2.75) is 32.2 Å². The largest absolute Gasteiger partial charge is 0.476 e. The molecule has 4 N–H and O–H groups in total. The van der Waals surface area contributed by atoms with Crippen LogP contribution in [-0.4, -0.2) is 39.7 Å². The van der Waals surface area contributed by atoms with Crippen LogP contribution in [0, 0.1) is 5.92 Å². The molecule has 2 heterocycles. The lowest BCUT2D eigenvalue weighted by Gasteiger charge is -2.39. The maximum atomic E-state index is 11.7. The molecule has 0 saturated carbocycles. The number of carboxylic acid groups (broad SMARTS) is 1. The lowest BCUT2D eigenvalue weighted by atomic mass is 9.81. The molecule has 1 aliphatic heterocycles. The second kappa shape index (κ2) is 8.36. The van der Waals surface area contributed by atoms with Gasteiger partial charge in [0.2, 0.25) is 0 Å². The summed E-state index contributed by atoms with van der Waals surface area (Å²) in [5, 5.41) is 10.2. The van der Waals surface area contributed by atoms with Crippen molar-refractivity contribution in [3.05, 3.63) is 59.2 Å². The van der Waals surface area contributed by atoms with Crippen LogP contribution in [0.3, 0.4) is 0 Å². The summed E-state index contributed by atoms with van der Waals surface area (Å²) in [7, 11) is 0. The zero-order valence-corrected chi connectivity index (χ0v) is 18.5. The van der Waals surface area contributed by atoms with E-state index in [1.54, 1.807) is 24.3 Å². The molecule has 0 unspecified atom stereocenters. The topological polar surface area (TPSA) is 95.2 Å². The van der Waals surface area contributed by atoms with Gasteiger partial charge in [0.25, 0.3) is 0 Å². The number of hydrogen-bond acceptors (Lipinski definition) is 4. The fourth-order valence-corrected chi connectivity index (χ4v) is 4.33. The van der Waals surface area contributed by atoms with E-state index in [1.165, 1.54) is 0 Å². The predicted molar refractivity (Wildman–Crippen MR) is 125 cm³/mol. The fourth-order valence-electron chi connectivity index (χ4n) is 4.20. The summed E-state index contributed by atoms with van der Waals surface area (Å²) in [6.07, 6.45) is 2.16. The molecule has 3 aromatic rings. The van der Waals surface area contributed by atoms with E-state index < -0.39 is 5.97 Å². The minimum atomic E-state index is -1.07. The zero-order valence-electron chi connectivity index (χ0n) is 17.7. The molecule has 0 spiro atoms. The summed E-state index contributed by atoms with van der Waals surface area (Å²) in [6.45, 7) is 6.18. The quantitative estimate of drug-likeness (QED) is 0.518. The van der Waals surface area contributed by atoms with Crippen LogP contribution >= 0.6 is 11.6 Å². The average Bonchev–Trinajstić information content (AvgIpc) is 3.20. The fraction of sp³-hybridized carbons (Fsp3) is 0.333. The number of carbonyl (C=O) groups is 1. The van der Waals surface area contributed by atoms with Crippen LogP contribution in [0.4, 0.5) is 5.69 Å². The summed E-state index contributed by atoms with van der Waals surface area (Å²) in [5.41, 5.74) is 9.32. The maximum Gasteiger partial charge on any atom is 0.356 e. The van der Waals surface area contributed by atoms with Crippen molar-refractivity contribution in [3.8, 4) is 22.6 Å². The van der Waals surface area contributed by atoms with Crippen LogP contribution in [0.15, 0.2) is 48.5 Å². The third-order valence-corrected chi connectivity index (χ3v) is 6.34. The van der Waals surface area contributed by atoms with Crippen molar-refractivity contribution >= 4 is 23.3 Å². The Morgan fingerprint density at radius 2 is 1.68 bits per heavy atom. The lowest BCUT2D eigenvalue weighted by Crippen LogP contribution is -2.47. The Bertz CT molecular complexity index is 1060. The van der Waals surface area contributed by atoms with Gasteiger partial charge >= 0.3 is 5.97 Å². The number of nitrogens with zero attached hydrogens (tertiary/aromatic N) is 2. The molecule has 6 nitrogen and oxygen atoms in total. The Morgan fingerprint density at radius 1 is 1.10 bits per heavy atom. The van der Waals surface area contributed by atoms with Crippen molar-refractivity contribution in [2.75, 3.05) is 18.0 Å². The highest BCUT2D eigenvalue weighted by atomic mass is 35.5. The van der Waals surface area contributed by atoms with Gasteiger partial charge in [-0.2, -0.15) is 0 Å². The van der Waals surface area contributed by atoms with E-state index >= 15 is 0 Å². The predicted octanol–water partition coefficient (Wildman–Crippen LogP) is 5.05. The van der Waals surface area contributed by atoms with Gasteiger partial charge in [0.15, 0.2) is 5.69 Å². The molecule has 1 aromatic heterocycles. The summed E-state index contributed by atoms with van der Waals surface area (Å²) >= 11 is 5.96. The van der Waals surface area contributed by atoms with Gasteiger partial charge in [0, 0.05) is 40.5 Å². The first-order chi connectivity index (χ1) is 14.7. The minimum absolute atomic E-state index is 0.00660. The number of rotatable bonds is 5. The molecule has 1 aliphatic rings. The Labute approximate surface area is 187 Å². The number of H-pyrrole nitrogens is 1. The van der Waals surface area contributed by atoms with E-state index in [9.17, 15) is 9.90 Å². The number of nitrogens with two attached hydrogens (primary N) is 1. The summed E-state index contributed by atoms with van der Waals surface area (Å²) < 4.78 is 0. The number of aromatic carboxylic acids is 1. The van der Waals surface area contributed by atoms with Gasteiger partial charge in [-0.25, -0.2) is 9.78 Å². The normalized spacial score (nSPS) is 15.3. The molecule has 0 bridgehead atoms. The first-order valence-electron chi connectivity index (χ1n) is 10.5. The molecule has 0 amide bonds. The second-order valence-corrected chi connectivity index (χ2v) is 9.19. The molecule has 4 rings (SSSR count). The highest BCUT2D eigenvalue weighted by Crippen LogP contribution is 2.31. The number of aromatic amines is 1. The van der Waals surface area contributed by atoms with Gasteiger partial charge in [0.1, 0.15) is 5.82 Å². The number of halogens is 1. The molecule has 31 heavy (non-hydrogen) atoms. The van der Waals surface area contributed by atoms with Gasteiger partial charge in [-0.1, -0.05) is 23.7 Å². The SMILES string of the molecule is CC(C)(N)C1CCN(c2ccc(-c3nc(C(=O)O)c(-c4ccc(Cl)cc4)[nH]3)cc2)CC1. The molecule has 0 radical (unpaired) electrons. The van der Waals surface area contributed by atoms with Crippen LogP contribution in [0.5, 0.6) is 0 Å². The third kappa shape index (κ3) is 4.60. The van der Waals surface area contributed by atoms with Crippen molar-refractivity contribution in [3.63, 3.8) is 0 Å². The first-order valence-corrected chi connectivity index (χ1v) is 10.8. The molecule has 0 atom stereocenters. The highest BCUT2D eigenvalue weighted by molar-refractivity contribution is 6.30. The average molecular weight is 439 g/mol. The molecule has 1 fully saturated rings. The number of imidazole rings is 1. The number of nitrogens with one attached hydrogen (secondary N) is 1. The maximum absolute atomic E-state index is 11.7. The standard InChI is InChI=1S/C24H27ClN4O2/c1-24(2,26)17-11-13-29(14-12-17)19-9-5-16(6-10-19)22-27-20(21(28-22)23(30)31)15-3-7-18(25)8-4-15/h3-10,17H,11-14,26H2,1-2H3,(H,27,28)(H,30,31). The van der Waals surface area contributed by atoms with E-state index in [2.05, 4.69) is 40.8 Å². The van der Waals surface area contributed by atoms with E-state index in [1.807, 2.05) is 12.1 Å². The van der Waals surface area contributed by atoms with Gasteiger partial charge < -0.3 is 20.7 Å². The Balaban J connectivity index is 1.55. The molecule has 0 aliphatic carbocycles. The number of anilines is 1. The van der Waals surface area contributed by atoms with E-state index in [0.29, 0.717) is 22.5 Å². The van der Waals surface area contributed by atoms with Crippen LogP contribution in [0.25, 0.3) is 22.6 Å². The molecule has 162 valence electrons. The lowest BCUT2D eigenvalue weighted by molar-refractivity contribution is 0.0692. The van der Waals surface area contributed by atoms with Crippen LogP contribution < -0.4 is 10.6 Å². The smallest absolute Gasteiger partial charge is 0.356 e. The molecular weight excluding hydrogens is 412 g/mol. The Hall–Kier alpha value is -2.83. The van der Waals surface area contributed by atoms with Gasteiger partial charge in [0.05, 0.1) is 5.69 Å². The Kier molecular flexibility index (Phi) is 5.77. The van der Waals surface area contributed by atoms with Crippen molar-refractivity contribution in [2.24, 2.45) is 11.7 Å². The number of hydrogen-bond donors (Lipinski definition) is 3. The third-order valence-electron chi connectivity index (χ3n) is 6.09. The minimum Gasteiger partial charge on any atom is -0.476 e. The number of carboxylic acids is 1. The van der Waals surface area contributed by atoms with Crippen molar-refractivity contribution in [1.29, 1.82) is 0 Å². The van der Waals surface area contributed by atoms with Crippen LogP contribution in [0.1, 0.15) is 37.2 Å². The summed E-state index contributed by atoms with van der Waals surface area (Å²) in [6, 6.07) is 15.1. The monoisotopic (exact) mass is 438 g/mol. The van der Waals surface area contributed by atoms with Crippen LogP contribution in [0.2, 0.25) is 5.02 Å². The van der Waals surface area contributed by atoms with E-state index in [4.69, 9.17) is 17.3 Å². The number of piperidine rings is 1. The summed E-state index contributed by atoms with van der Waals surface area (Å²) in [5.74, 6) is -0.0147. The van der Waals surface area contributed by atoms with Crippen LogP contribution in [-0.2, 0) is 0 Å². The number of aromatic nitrogens is 2. The van der Waals surface area contributed by atoms with Crippen molar-refractivity contribution < 1.29 is 9.90 Å². The van der Waals surface area contributed by atoms with E-state index in [-0.39, 0.29) is 11.2 Å². The van der Waals surface area contributed by atoms with E-state index in [0.717, 1.165) is 42.7 Å². The highest BCUT2D eigenvalue weighted by Gasteiger charge is 2.29. The van der Waals surface area contributed by atoms with Gasteiger partial charge in [-0.05, 0) is 69.0 Å². The van der Waals surface area contributed by atoms with Gasteiger partial charge in [-0.15, -0.1) is 0 Å². The molecule has 7 heteroatoms. The Morgan fingerprint density at radius 3 is 2.23 bits per heavy atom.